The van der Waals surface area contributed by atoms with Gasteiger partial charge >= 0.3 is 0 Å². The Labute approximate surface area is 105 Å². The summed E-state index contributed by atoms with van der Waals surface area (Å²) < 4.78 is 6.09. The molecule has 0 aromatic carbocycles. The van der Waals surface area contributed by atoms with E-state index < -0.39 is 0 Å². The Bertz CT molecular complexity index is 281. The maximum absolute atomic E-state index is 6.09. The highest BCUT2D eigenvalue weighted by atomic mass is 16.5. The summed E-state index contributed by atoms with van der Waals surface area (Å²) in [4.78, 5) is 0. The van der Waals surface area contributed by atoms with Crippen LogP contribution in [0.5, 0.6) is 0 Å². The van der Waals surface area contributed by atoms with Gasteiger partial charge in [-0.25, -0.2) is 0 Å². The van der Waals surface area contributed by atoms with Gasteiger partial charge in [-0.05, 0) is 44.9 Å². The molecule has 17 heavy (non-hydrogen) atoms. The van der Waals surface area contributed by atoms with E-state index >= 15 is 0 Å². The van der Waals surface area contributed by atoms with E-state index in [9.17, 15) is 0 Å². The molecular formula is C15H25NO. The average Bonchev–Trinajstić information content (AvgIpc) is 2.79. The van der Waals surface area contributed by atoms with Crippen LogP contribution in [-0.2, 0) is 4.74 Å². The molecule has 3 aliphatic rings. The summed E-state index contributed by atoms with van der Waals surface area (Å²) in [5.41, 5.74) is 0.264. The molecule has 2 atom stereocenters. The van der Waals surface area contributed by atoms with Gasteiger partial charge in [0.25, 0.3) is 0 Å². The Morgan fingerprint density at radius 3 is 2.71 bits per heavy atom. The van der Waals surface area contributed by atoms with Crippen LogP contribution < -0.4 is 5.32 Å². The van der Waals surface area contributed by atoms with E-state index in [4.69, 9.17) is 4.74 Å². The molecule has 0 aromatic heterocycles. The summed E-state index contributed by atoms with van der Waals surface area (Å²) in [5, 5.41) is 3.88. The fourth-order valence-electron chi connectivity index (χ4n) is 3.82. The predicted octanol–water partition coefficient (Wildman–Crippen LogP) is 3.18. The second-order valence-electron chi connectivity index (χ2n) is 6.08. The Balaban J connectivity index is 1.54. The number of rotatable bonds is 2. The Morgan fingerprint density at radius 1 is 1.06 bits per heavy atom. The van der Waals surface area contributed by atoms with Crippen molar-refractivity contribution in [1.29, 1.82) is 0 Å². The molecule has 1 saturated heterocycles. The molecule has 2 heteroatoms. The highest BCUT2D eigenvalue weighted by molar-refractivity contribution is 4.97. The van der Waals surface area contributed by atoms with E-state index in [1.54, 1.807) is 0 Å². The minimum absolute atomic E-state index is 0.264. The van der Waals surface area contributed by atoms with Gasteiger partial charge in [-0.1, -0.05) is 25.0 Å². The lowest BCUT2D eigenvalue weighted by Gasteiger charge is -2.40. The smallest absolute Gasteiger partial charge is 0.0697 e. The van der Waals surface area contributed by atoms with Crippen LogP contribution in [0.2, 0.25) is 0 Å². The minimum Gasteiger partial charge on any atom is -0.375 e. The average molecular weight is 235 g/mol. The minimum atomic E-state index is 0.264. The fraction of sp³-hybridized carbons (Fsp3) is 0.867. The summed E-state index contributed by atoms with van der Waals surface area (Å²) in [7, 11) is 0. The standard InChI is InChI=1S/C15H25NO/c1-2-6-13(7-3-1)16-14-8-11-17-15(12-14)9-4-5-10-15/h1-2,13-14,16H,3-12H2. The molecule has 2 unspecified atom stereocenters. The maximum Gasteiger partial charge on any atom is 0.0697 e. The molecule has 3 rings (SSSR count). The summed E-state index contributed by atoms with van der Waals surface area (Å²) in [5.74, 6) is 0. The number of nitrogens with one attached hydrogen (secondary N) is 1. The summed E-state index contributed by atoms with van der Waals surface area (Å²) in [6.07, 6.45) is 16.3. The third kappa shape index (κ3) is 2.74. The number of hydrogen-bond acceptors (Lipinski definition) is 2. The van der Waals surface area contributed by atoms with Crippen LogP contribution in [0.15, 0.2) is 12.2 Å². The van der Waals surface area contributed by atoms with E-state index in [2.05, 4.69) is 17.5 Å². The van der Waals surface area contributed by atoms with Crippen LogP contribution in [0.4, 0.5) is 0 Å². The van der Waals surface area contributed by atoms with Gasteiger partial charge in [-0.2, -0.15) is 0 Å². The van der Waals surface area contributed by atoms with Crippen molar-refractivity contribution in [2.45, 2.75) is 75.5 Å². The summed E-state index contributed by atoms with van der Waals surface area (Å²) >= 11 is 0. The monoisotopic (exact) mass is 235 g/mol. The molecule has 0 aromatic rings. The first-order chi connectivity index (χ1) is 8.36. The van der Waals surface area contributed by atoms with Crippen molar-refractivity contribution < 1.29 is 4.74 Å². The highest BCUT2D eigenvalue weighted by Gasteiger charge is 2.40. The molecule has 2 fully saturated rings. The normalized spacial score (nSPS) is 36.5. The Morgan fingerprint density at radius 2 is 1.94 bits per heavy atom. The first kappa shape index (κ1) is 11.7. The lowest BCUT2D eigenvalue weighted by molar-refractivity contribution is -0.0848. The van der Waals surface area contributed by atoms with E-state index in [1.165, 1.54) is 57.8 Å². The van der Waals surface area contributed by atoms with Crippen molar-refractivity contribution in [2.24, 2.45) is 0 Å². The molecule has 1 saturated carbocycles. The second-order valence-corrected chi connectivity index (χ2v) is 6.08. The number of ether oxygens (including phenoxy) is 1. The predicted molar refractivity (Wildman–Crippen MR) is 70.1 cm³/mol. The van der Waals surface area contributed by atoms with Gasteiger partial charge in [0.2, 0.25) is 0 Å². The molecular weight excluding hydrogens is 210 g/mol. The highest BCUT2D eigenvalue weighted by Crippen LogP contribution is 2.40. The summed E-state index contributed by atoms with van der Waals surface area (Å²) in [6.45, 7) is 0.972. The zero-order valence-corrected chi connectivity index (χ0v) is 10.8. The van der Waals surface area contributed by atoms with E-state index in [1.807, 2.05) is 0 Å². The van der Waals surface area contributed by atoms with Gasteiger partial charge in [-0.3, -0.25) is 0 Å². The van der Waals surface area contributed by atoms with Crippen molar-refractivity contribution in [1.82, 2.24) is 5.32 Å². The Kier molecular flexibility index (Phi) is 3.53. The fourth-order valence-corrected chi connectivity index (χ4v) is 3.82. The summed E-state index contributed by atoms with van der Waals surface area (Å²) in [6, 6.07) is 1.43. The Hall–Kier alpha value is -0.340. The van der Waals surface area contributed by atoms with Crippen molar-refractivity contribution >= 4 is 0 Å². The lowest BCUT2D eigenvalue weighted by atomic mass is 9.88. The van der Waals surface area contributed by atoms with Crippen molar-refractivity contribution in [2.75, 3.05) is 6.61 Å². The lowest BCUT2D eigenvalue weighted by Crippen LogP contribution is -2.48. The molecule has 1 spiro atoms. The third-order valence-corrected chi connectivity index (χ3v) is 4.75. The largest absolute Gasteiger partial charge is 0.375 e. The zero-order chi connectivity index (χ0) is 11.6. The first-order valence-electron chi connectivity index (χ1n) is 7.41. The van der Waals surface area contributed by atoms with Crippen LogP contribution in [0, 0.1) is 0 Å². The zero-order valence-electron chi connectivity index (χ0n) is 10.8. The van der Waals surface area contributed by atoms with Crippen LogP contribution in [-0.4, -0.2) is 24.3 Å². The van der Waals surface area contributed by atoms with Crippen molar-refractivity contribution in [3.05, 3.63) is 12.2 Å². The van der Waals surface area contributed by atoms with Crippen LogP contribution in [0.3, 0.4) is 0 Å². The van der Waals surface area contributed by atoms with Crippen molar-refractivity contribution in [3.63, 3.8) is 0 Å². The molecule has 0 amide bonds. The van der Waals surface area contributed by atoms with Gasteiger partial charge in [0.05, 0.1) is 5.60 Å². The molecule has 0 bridgehead atoms. The van der Waals surface area contributed by atoms with Gasteiger partial charge in [-0.15, -0.1) is 0 Å². The van der Waals surface area contributed by atoms with Crippen molar-refractivity contribution in [3.8, 4) is 0 Å². The maximum atomic E-state index is 6.09. The SMILES string of the molecule is C1=CCC(NC2CCOC3(CCCC3)C2)CC1. The van der Waals surface area contributed by atoms with Gasteiger partial charge in [0.15, 0.2) is 0 Å². The van der Waals surface area contributed by atoms with E-state index in [0.29, 0.717) is 6.04 Å². The molecule has 1 aliphatic heterocycles. The molecule has 1 heterocycles. The van der Waals surface area contributed by atoms with Crippen LogP contribution in [0.1, 0.15) is 57.8 Å². The molecule has 96 valence electrons. The third-order valence-electron chi connectivity index (χ3n) is 4.75. The second kappa shape index (κ2) is 5.11. The molecule has 2 aliphatic carbocycles. The molecule has 0 radical (unpaired) electrons. The van der Waals surface area contributed by atoms with Gasteiger partial charge in [0.1, 0.15) is 0 Å². The van der Waals surface area contributed by atoms with Gasteiger partial charge < -0.3 is 10.1 Å². The van der Waals surface area contributed by atoms with Gasteiger partial charge in [0, 0.05) is 18.7 Å². The van der Waals surface area contributed by atoms with Crippen LogP contribution in [0.25, 0.3) is 0 Å². The van der Waals surface area contributed by atoms with E-state index in [0.717, 1.165) is 12.6 Å². The van der Waals surface area contributed by atoms with Crippen LogP contribution >= 0.6 is 0 Å². The number of hydrogen-bond donors (Lipinski definition) is 1. The number of allylic oxidation sites excluding steroid dienone is 1. The molecule has 2 nitrogen and oxygen atoms in total. The molecule has 1 N–H and O–H groups in total. The van der Waals surface area contributed by atoms with E-state index in [-0.39, 0.29) is 5.60 Å². The quantitative estimate of drug-likeness (QED) is 0.742. The first-order valence-corrected chi connectivity index (χ1v) is 7.41. The topological polar surface area (TPSA) is 21.3 Å².